The van der Waals surface area contributed by atoms with E-state index in [-0.39, 0.29) is 5.97 Å². The van der Waals surface area contributed by atoms with Crippen molar-refractivity contribution in [2.45, 2.75) is 45.8 Å². The summed E-state index contributed by atoms with van der Waals surface area (Å²) in [5.41, 5.74) is 6.74. The summed E-state index contributed by atoms with van der Waals surface area (Å²) in [6, 6.07) is 6.68. The number of thiazole rings is 1. The number of hydrogen-bond acceptors (Lipinski definition) is 7. The molecule has 1 aromatic carbocycles. The number of nitrogens with zero attached hydrogens (tertiary/aromatic N) is 1. The Bertz CT molecular complexity index is 765. The SMILES string of the molecule is CC(=O)Oc1ccc(CC(NC(=O)OC(C)(C)C)c2csc(N)n2)cc1. The van der Waals surface area contributed by atoms with Crippen molar-refractivity contribution >= 4 is 28.5 Å². The number of hydrogen-bond donors (Lipinski definition) is 2. The number of carbonyl (C=O) groups excluding carboxylic acids is 2. The van der Waals surface area contributed by atoms with Gasteiger partial charge >= 0.3 is 12.1 Å². The van der Waals surface area contributed by atoms with Gasteiger partial charge in [0, 0.05) is 12.3 Å². The normalized spacial score (nSPS) is 12.3. The molecule has 0 bridgehead atoms. The standard InChI is InChI=1S/C18H23N3O4S/c1-11(22)24-13-7-5-12(6-8-13)9-14(15-10-26-16(19)20-15)21-17(23)25-18(2,3)4/h5-8,10,14H,9H2,1-4H3,(H2,19,20)(H,21,23). The Labute approximate surface area is 156 Å². The van der Waals surface area contributed by atoms with Crippen molar-refractivity contribution in [2.75, 3.05) is 5.73 Å². The smallest absolute Gasteiger partial charge is 0.408 e. The second kappa shape index (κ2) is 8.18. The molecular formula is C18H23N3O4S. The number of nitrogen functional groups attached to an aromatic ring is 1. The Hall–Kier alpha value is -2.61. The molecule has 1 amide bonds. The van der Waals surface area contributed by atoms with E-state index in [1.165, 1.54) is 18.3 Å². The number of amides is 1. The molecule has 0 spiro atoms. The number of benzene rings is 1. The summed E-state index contributed by atoms with van der Waals surface area (Å²) in [5, 5.41) is 5.08. The van der Waals surface area contributed by atoms with Crippen molar-refractivity contribution in [3.8, 4) is 5.75 Å². The van der Waals surface area contributed by atoms with Crippen LogP contribution in [-0.2, 0) is 16.0 Å². The molecule has 8 heteroatoms. The molecule has 7 nitrogen and oxygen atoms in total. The van der Waals surface area contributed by atoms with Crippen molar-refractivity contribution in [1.29, 1.82) is 0 Å². The number of anilines is 1. The van der Waals surface area contributed by atoms with Crippen LogP contribution in [0, 0.1) is 0 Å². The minimum atomic E-state index is -0.596. The molecule has 1 heterocycles. The molecule has 0 fully saturated rings. The summed E-state index contributed by atoms with van der Waals surface area (Å²) in [4.78, 5) is 27.4. The van der Waals surface area contributed by atoms with Gasteiger partial charge in [-0.3, -0.25) is 4.79 Å². The molecule has 3 N–H and O–H groups in total. The van der Waals surface area contributed by atoms with Gasteiger partial charge in [0.15, 0.2) is 5.13 Å². The Balaban J connectivity index is 2.13. The fraction of sp³-hybridized carbons (Fsp3) is 0.389. The van der Waals surface area contributed by atoms with E-state index in [1.54, 1.807) is 32.9 Å². The molecule has 0 saturated heterocycles. The van der Waals surface area contributed by atoms with E-state index in [0.29, 0.717) is 23.0 Å². The lowest BCUT2D eigenvalue weighted by atomic mass is 10.0. The number of alkyl carbamates (subject to hydrolysis) is 1. The Kier molecular flexibility index (Phi) is 6.20. The summed E-state index contributed by atoms with van der Waals surface area (Å²) in [6.45, 7) is 6.75. The van der Waals surface area contributed by atoms with Crippen LogP contribution in [0.1, 0.15) is 45.0 Å². The number of carbonyl (C=O) groups is 2. The molecule has 0 radical (unpaired) electrons. The first-order chi connectivity index (χ1) is 12.1. The third-order valence-electron chi connectivity index (χ3n) is 3.21. The fourth-order valence-corrected chi connectivity index (χ4v) is 2.85. The van der Waals surface area contributed by atoms with Gasteiger partial charge in [-0.15, -0.1) is 11.3 Å². The first-order valence-corrected chi connectivity index (χ1v) is 8.98. The Morgan fingerprint density at radius 1 is 1.27 bits per heavy atom. The highest BCUT2D eigenvalue weighted by Crippen LogP contribution is 2.24. The van der Waals surface area contributed by atoms with Gasteiger partial charge in [-0.05, 0) is 44.9 Å². The molecule has 0 saturated carbocycles. The summed E-state index contributed by atoms with van der Waals surface area (Å²) in [6.07, 6.45) is -0.0337. The van der Waals surface area contributed by atoms with E-state index in [1.807, 2.05) is 17.5 Å². The van der Waals surface area contributed by atoms with Crippen LogP contribution in [-0.4, -0.2) is 22.6 Å². The quantitative estimate of drug-likeness (QED) is 0.611. The first-order valence-electron chi connectivity index (χ1n) is 8.10. The number of aromatic nitrogens is 1. The number of nitrogens with one attached hydrogen (secondary N) is 1. The molecule has 140 valence electrons. The highest BCUT2D eigenvalue weighted by molar-refractivity contribution is 7.13. The predicted molar refractivity (Wildman–Crippen MR) is 100 cm³/mol. The van der Waals surface area contributed by atoms with E-state index in [9.17, 15) is 9.59 Å². The van der Waals surface area contributed by atoms with E-state index in [2.05, 4.69) is 10.3 Å². The molecule has 0 aliphatic carbocycles. The molecule has 2 rings (SSSR count). The molecule has 0 aliphatic rings. The van der Waals surface area contributed by atoms with Gasteiger partial charge in [-0.1, -0.05) is 12.1 Å². The second-order valence-electron chi connectivity index (χ2n) is 6.75. The monoisotopic (exact) mass is 377 g/mol. The van der Waals surface area contributed by atoms with Gasteiger partial charge in [0.1, 0.15) is 11.4 Å². The van der Waals surface area contributed by atoms with Crippen LogP contribution in [0.4, 0.5) is 9.93 Å². The summed E-state index contributed by atoms with van der Waals surface area (Å²) in [5.74, 6) is 0.0935. The summed E-state index contributed by atoms with van der Waals surface area (Å²) < 4.78 is 10.4. The lowest BCUT2D eigenvalue weighted by Gasteiger charge is -2.23. The minimum absolute atomic E-state index is 0.375. The van der Waals surface area contributed by atoms with Crippen LogP contribution in [0.15, 0.2) is 29.6 Å². The number of esters is 1. The maximum absolute atomic E-state index is 12.2. The number of nitrogens with two attached hydrogens (primary N) is 1. The molecule has 1 aromatic heterocycles. The third kappa shape index (κ3) is 6.36. The van der Waals surface area contributed by atoms with E-state index in [4.69, 9.17) is 15.2 Å². The number of ether oxygens (including phenoxy) is 2. The molecule has 1 atom stereocenters. The summed E-state index contributed by atoms with van der Waals surface area (Å²) in [7, 11) is 0. The molecular weight excluding hydrogens is 354 g/mol. The van der Waals surface area contributed by atoms with Gasteiger partial charge < -0.3 is 20.5 Å². The van der Waals surface area contributed by atoms with Gasteiger partial charge in [-0.25, -0.2) is 9.78 Å². The van der Waals surface area contributed by atoms with Crippen LogP contribution in [0.25, 0.3) is 0 Å². The first kappa shape index (κ1) is 19.7. The third-order valence-corrected chi connectivity index (χ3v) is 3.90. The lowest BCUT2D eigenvalue weighted by molar-refractivity contribution is -0.131. The fourth-order valence-electron chi connectivity index (χ4n) is 2.24. The van der Waals surface area contributed by atoms with Crippen molar-refractivity contribution in [1.82, 2.24) is 10.3 Å². The Morgan fingerprint density at radius 3 is 2.42 bits per heavy atom. The van der Waals surface area contributed by atoms with E-state index in [0.717, 1.165) is 5.56 Å². The van der Waals surface area contributed by atoms with Crippen LogP contribution in [0.5, 0.6) is 5.75 Å². The Morgan fingerprint density at radius 2 is 1.92 bits per heavy atom. The van der Waals surface area contributed by atoms with Gasteiger partial charge in [0.05, 0.1) is 11.7 Å². The van der Waals surface area contributed by atoms with E-state index < -0.39 is 17.7 Å². The van der Waals surface area contributed by atoms with Gasteiger partial charge in [0.2, 0.25) is 0 Å². The van der Waals surface area contributed by atoms with Crippen molar-refractivity contribution in [3.05, 3.63) is 40.9 Å². The van der Waals surface area contributed by atoms with Crippen molar-refractivity contribution in [3.63, 3.8) is 0 Å². The zero-order chi connectivity index (χ0) is 19.3. The van der Waals surface area contributed by atoms with Crippen LogP contribution in [0.3, 0.4) is 0 Å². The highest BCUT2D eigenvalue weighted by Gasteiger charge is 2.22. The number of rotatable bonds is 5. The minimum Gasteiger partial charge on any atom is -0.444 e. The zero-order valence-corrected chi connectivity index (χ0v) is 16.1. The average Bonchev–Trinajstić information content (AvgIpc) is 2.92. The van der Waals surface area contributed by atoms with Crippen LogP contribution >= 0.6 is 11.3 Å². The molecule has 2 aromatic rings. The van der Waals surface area contributed by atoms with Crippen LogP contribution in [0.2, 0.25) is 0 Å². The largest absolute Gasteiger partial charge is 0.444 e. The van der Waals surface area contributed by atoms with Gasteiger partial charge in [0.25, 0.3) is 0 Å². The summed E-state index contributed by atoms with van der Waals surface area (Å²) >= 11 is 1.31. The van der Waals surface area contributed by atoms with Gasteiger partial charge in [-0.2, -0.15) is 0 Å². The predicted octanol–water partition coefficient (Wildman–Crippen LogP) is 3.46. The maximum Gasteiger partial charge on any atom is 0.408 e. The second-order valence-corrected chi connectivity index (χ2v) is 7.64. The molecule has 0 aliphatic heterocycles. The lowest BCUT2D eigenvalue weighted by Crippen LogP contribution is -2.36. The molecule has 1 unspecified atom stereocenters. The maximum atomic E-state index is 12.2. The highest BCUT2D eigenvalue weighted by atomic mass is 32.1. The van der Waals surface area contributed by atoms with Crippen molar-refractivity contribution in [2.24, 2.45) is 0 Å². The zero-order valence-electron chi connectivity index (χ0n) is 15.2. The van der Waals surface area contributed by atoms with Crippen molar-refractivity contribution < 1.29 is 19.1 Å². The average molecular weight is 377 g/mol. The van der Waals surface area contributed by atoms with Crippen LogP contribution < -0.4 is 15.8 Å². The topological polar surface area (TPSA) is 104 Å². The van der Waals surface area contributed by atoms with E-state index >= 15 is 0 Å². The molecule has 26 heavy (non-hydrogen) atoms.